The number of carbonyl (C=O) groups excluding carboxylic acids is 3. The number of nitrogens with one attached hydrogen (secondary N) is 2. The van der Waals surface area contributed by atoms with Crippen LogP contribution in [0.3, 0.4) is 0 Å². The summed E-state index contributed by atoms with van der Waals surface area (Å²) < 4.78 is 0. The molecule has 0 spiro atoms. The normalized spacial score (nSPS) is 16.8. The summed E-state index contributed by atoms with van der Waals surface area (Å²) in [5, 5.41) is 5.39. The van der Waals surface area contributed by atoms with Crippen molar-refractivity contribution in [2.45, 2.75) is 38.6 Å². The first-order valence-corrected chi connectivity index (χ1v) is 9.30. The minimum atomic E-state index is -0.645. The molecule has 0 aromatic heterocycles. The van der Waals surface area contributed by atoms with E-state index in [0.29, 0.717) is 12.1 Å². The van der Waals surface area contributed by atoms with Gasteiger partial charge in [-0.25, -0.2) is 4.79 Å². The number of hydrogen-bond donors (Lipinski definition) is 2. The predicted octanol–water partition coefficient (Wildman–Crippen LogP) is 3.09. The maximum atomic E-state index is 12.5. The zero-order chi connectivity index (χ0) is 20.3. The smallest absolute Gasteiger partial charge is 0.325 e. The zero-order valence-electron chi connectivity index (χ0n) is 16.4. The minimum absolute atomic E-state index is 0.0242. The highest BCUT2D eigenvalue weighted by Gasteiger charge is 2.38. The molecule has 0 saturated carbocycles. The van der Waals surface area contributed by atoms with Crippen LogP contribution >= 0.6 is 0 Å². The topological polar surface area (TPSA) is 78.5 Å². The number of nitrogens with zero attached hydrogens (tertiary/aromatic N) is 1. The fourth-order valence-electron chi connectivity index (χ4n) is 3.11. The van der Waals surface area contributed by atoms with Gasteiger partial charge in [0.1, 0.15) is 12.6 Å². The lowest BCUT2D eigenvalue weighted by atomic mass is 9.87. The van der Waals surface area contributed by atoms with Crippen LogP contribution in [-0.2, 0) is 21.4 Å². The molecule has 1 aliphatic heterocycles. The maximum Gasteiger partial charge on any atom is 0.325 e. The molecule has 2 aromatic carbocycles. The van der Waals surface area contributed by atoms with Crippen LogP contribution < -0.4 is 10.6 Å². The highest BCUT2D eigenvalue weighted by molar-refractivity contribution is 6.08. The van der Waals surface area contributed by atoms with E-state index in [0.717, 1.165) is 16.0 Å². The molecule has 1 fully saturated rings. The monoisotopic (exact) mass is 379 g/mol. The Kier molecular flexibility index (Phi) is 5.49. The number of benzene rings is 2. The van der Waals surface area contributed by atoms with Crippen LogP contribution in [0.1, 0.15) is 31.9 Å². The second-order valence-corrected chi connectivity index (χ2v) is 7.99. The summed E-state index contributed by atoms with van der Waals surface area (Å²) in [6, 6.07) is 15.8. The van der Waals surface area contributed by atoms with E-state index in [4.69, 9.17) is 0 Å². The number of imide groups is 1. The summed E-state index contributed by atoms with van der Waals surface area (Å²) in [7, 11) is 0. The van der Waals surface area contributed by atoms with Gasteiger partial charge in [0.05, 0.1) is 0 Å². The number of urea groups is 1. The molecule has 1 saturated heterocycles. The quantitative estimate of drug-likeness (QED) is 0.784. The third kappa shape index (κ3) is 4.57. The molecular weight excluding hydrogens is 354 g/mol. The van der Waals surface area contributed by atoms with E-state index in [1.54, 1.807) is 0 Å². The van der Waals surface area contributed by atoms with E-state index in [1.165, 1.54) is 0 Å². The van der Waals surface area contributed by atoms with Crippen molar-refractivity contribution in [2.24, 2.45) is 0 Å². The third-order valence-corrected chi connectivity index (χ3v) is 4.73. The van der Waals surface area contributed by atoms with Gasteiger partial charge in [0.25, 0.3) is 5.91 Å². The van der Waals surface area contributed by atoms with E-state index >= 15 is 0 Å². The van der Waals surface area contributed by atoms with Crippen molar-refractivity contribution in [3.8, 4) is 0 Å². The van der Waals surface area contributed by atoms with Crippen molar-refractivity contribution in [1.29, 1.82) is 0 Å². The molecule has 0 bridgehead atoms. The van der Waals surface area contributed by atoms with E-state index in [1.807, 2.05) is 54.6 Å². The molecule has 1 unspecified atom stereocenters. The number of amides is 4. The summed E-state index contributed by atoms with van der Waals surface area (Å²) in [5.74, 6) is -0.792. The first kappa shape index (κ1) is 19.6. The van der Waals surface area contributed by atoms with E-state index in [2.05, 4.69) is 31.4 Å². The van der Waals surface area contributed by atoms with Gasteiger partial charge in [0.15, 0.2) is 0 Å². The largest absolute Gasteiger partial charge is 0.325 e. The van der Waals surface area contributed by atoms with Crippen molar-refractivity contribution in [1.82, 2.24) is 10.2 Å². The molecule has 28 heavy (non-hydrogen) atoms. The standard InChI is InChI=1S/C22H25N3O3/c1-22(2,3)16-9-11-17(12-10-16)23-19(26)14-25-20(27)18(24-21(25)28)13-15-7-5-4-6-8-15/h4-12,18H,13-14H2,1-3H3,(H,23,26)(H,24,28). The predicted molar refractivity (Wildman–Crippen MR) is 108 cm³/mol. The Morgan fingerprint density at radius 2 is 1.68 bits per heavy atom. The molecule has 6 heteroatoms. The molecule has 0 radical (unpaired) electrons. The summed E-state index contributed by atoms with van der Waals surface area (Å²) in [6.45, 7) is 6.04. The Balaban J connectivity index is 1.59. The van der Waals surface area contributed by atoms with Crippen LogP contribution in [0.25, 0.3) is 0 Å². The molecule has 3 rings (SSSR count). The van der Waals surface area contributed by atoms with Crippen molar-refractivity contribution in [3.05, 3.63) is 65.7 Å². The van der Waals surface area contributed by atoms with E-state index in [9.17, 15) is 14.4 Å². The Bertz CT molecular complexity index is 870. The Morgan fingerprint density at radius 1 is 1.04 bits per heavy atom. The second kappa shape index (κ2) is 7.84. The molecule has 1 atom stereocenters. The molecule has 146 valence electrons. The van der Waals surface area contributed by atoms with Gasteiger partial charge >= 0.3 is 6.03 Å². The maximum absolute atomic E-state index is 12.5. The van der Waals surface area contributed by atoms with Crippen LogP contribution in [0.4, 0.5) is 10.5 Å². The summed E-state index contributed by atoms with van der Waals surface area (Å²) in [6.07, 6.45) is 0.401. The lowest BCUT2D eigenvalue weighted by molar-refractivity contribution is -0.130. The molecule has 6 nitrogen and oxygen atoms in total. The highest BCUT2D eigenvalue weighted by atomic mass is 16.2. The van der Waals surface area contributed by atoms with Gasteiger partial charge in [0.2, 0.25) is 5.91 Å². The fraction of sp³-hybridized carbons (Fsp3) is 0.318. The zero-order valence-corrected chi connectivity index (χ0v) is 16.4. The van der Waals surface area contributed by atoms with Crippen LogP contribution in [0.15, 0.2) is 54.6 Å². The van der Waals surface area contributed by atoms with Crippen molar-refractivity contribution in [3.63, 3.8) is 0 Å². The second-order valence-electron chi connectivity index (χ2n) is 7.99. The van der Waals surface area contributed by atoms with Crippen LogP contribution in [0.2, 0.25) is 0 Å². The molecular formula is C22H25N3O3. The van der Waals surface area contributed by atoms with E-state index in [-0.39, 0.29) is 17.9 Å². The fourth-order valence-corrected chi connectivity index (χ4v) is 3.11. The molecule has 2 N–H and O–H groups in total. The lowest BCUT2D eigenvalue weighted by Gasteiger charge is -2.19. The lowest BCUT2D eigenvalue weighted by Crippen LogP contribution is -2.38. The summed E-state index contributed by atoms with van der Waals surface area (Å²) in [5.41, 5.74) is 2.76. The molecule has 1 aliphatic rings. The van der Waals surface area contributed by atoms with Crippen LogP contribution in [-0.4, -0.2) is 35.3 Å². The third-order valence-electron chi connectivity index (χ3n) is 4.73. The van der Waals surface area contributed by atoms with Gasteiger partial charge in [0, 0.05) is 12.1 Å². The highest BCUT2D eigenvalue weighted by Crippen LogP contribution is 2.23. The van der Waals surface area contributed by atoms with Crippen LogP contribution in [0, 0.1) is 0 Å². The first-order chi connectivity index (χ1) is 13.2. The summed E-state index contributed by atoms with van der Waals surface area (Å²) in [4.78, 5) is 38.0. The molecule has 0 aliphatic carbocycles. The van der Waals surface area contributed by atoms with Gasteiger partial charge < -0.3 is 10.6 Å². The Hall–Kier alpha value is -3.15. The van der Waals surface area contributed by atoms with Gasteiger partial charge in [-0.3, -0.25) is 14.5 Å². The Morgan fingerprint density at radius 3 is 2.29 bits per heavy atom. The average Bonchev–Trinajstić information content (AvgIpc) is 2.90. The number of rotatable bonds is 5. The van der Waals surface area contributed by atoms with Gasteiger partial charge in [-0.15, -0.1) is 0 Å². The van der Waals surface area contributed by atoms with Gasteiger partial charge in [-0.2, -0.15) is 0 Å². The minimum Gasteiger partial charge on any atom is -0.325 e. The van der Waals surface area contributed by atoms with E-state index < -0.39 is 18.0 Å². The van der Waals surface area contributed by atoms with Crippen molar-refractivity contribution >= 4 is 23.5 Å². The molecule has 1 heterocycles. The summed E-state index contributed by atoms with van der Waals surface area (Å²) >= 11 is 0. The Labute approximate surface area is 164 Å². The first-order valence-electron chi connectivity index (χ1n) is 9.30. The van der Waals surface area contributed by atoms with Crippen molar-refractivity contribution < 1.29 is 14.4 Å². The van der Waals surface area contributed by atoms with Gasteiger partial charge in [-0.05, 0) is 28.7 Å². The SMILES string of the molecule is CC(C)(C)c1ccc(NC(=O)CN2C(=O)NC(Cc3ccccc3)C2=O)cc1. The number of carbonyl (C=O) groups is 3. The van der Waals surface area contributed by atoms with Crippen LogP contribution in [0.5, 0.6) is 0 Å². The molecule has 4 amide bonds. The van der Waals surface area contributed by atoms with Gasteiger partial charge in [-0.1, -0.05) is 63.2 Å². The number of anilines is 1. The number of hydrogen-bond acceptors (Lipinski definition) is 3. The average molecular weight is 379 g/mol. The molecule has 2 aromatic rings. The van der Waals surface area contributed by atoms with Crippen molar-refractivity contribution in [2.75, 3.05) is 11.9 Å².